The number of aryl methyl sites for hydroxylation is 1. The van der Waals surface area contributed by atoms with Gasteiger partial charge in [0.25, 0.3) is 0 Å². The van der Waals surface area contributed by atoms with Gasteiger partial charge >= 0.3 is 0 Å². The summed E-state index contributed by atoms with van der Waals surface area (Å²) in [6, 6.07) is 16.9. The van der Waals surface area contributed by atoms with Gasteiger partial charge in [0.15, 0.2) is 0 Å². The van der Waals surface area contributed by atoms with Crippen LogP contribution in [0.4, 0.5) is 0 Å². The summed E-state index contributed by atoms with van der Waals surface area (Å²) in [5, 5.41) is 2.31. The number of fused-ring (bicyclic) bond motifs is 3. The van der Waals surface area contributed by atoms with Crippen LogP contribution in [-0.2, 0) is 0 Å². The van der Waals surface area contributed by atoms with Crippen molar-refractivity contribution in [1.29, 1.82) is 0 Å². The molecule has 0 atom stereocenters. The molecule has 0 saturated carbocycles. The molecule has 0 unspecified atom stereocenters. The number of nitrogens with zero attached hydrogens (tertiary/aromatic N) is 1. The molecule has 0 amide bonds. The third-order valence-corrected chi connectivity index (χ3v) is 4.38. The van der Waals surface area contributed by atoms with E-state index in [2.05, 4.69) is 67.4 Å². The highest BCUT2D eigenvalue weighted by molar-refractivity contribution is 6.09. The zero-order valence-electron chi connectivity index (χ0n) is 13.6. The van der Waals surface area contributed by atoms with Gasteiger partial charge in [-0.2, -0.15) is 0 Å². The molecule has 0 fully saturated rings. The van der Waals surface area contributed by atoms with E-state index in [1.54, 1.807) is 0 Å². The number of hydrogen-bond acceptors (Lipinski definition) is 2. The van der Waals surface area contributed by atoms with Crippen molar-refractivity contribution in [2.24, 2.45) is 0 Å². The van der Waals surface area contributed by atoms with Gasteiger partial charge in [0.2, 0.25) is 0 Å². The highest BCUT2D eigenvalue weighted by atomic mass is 16.3. The minimum absolute atomic E-state index is 0.492. The van der Waals surface area contributed by atoms with Gasteiger partial charge < -0.3 is 4.42 Å². The summed E-state index contributed by atoms with van der Waals surface area (Å²) in [6.45, 7) is 6.45. The number of pyridine rings is 1. The van der Waals surface area contributed by atoms with Crippen molar-refractivity contribution in [3.63, 3.8) is 0 Å². The molecule has 0 aliphatic carbocycles. The summed E-state index contributed by atoms with van der Waals surface area (Å²) in [6.07, 6.45) is 1.90. The molecule has 0 radical (unpaired) electrons. The number of para-hydroxylation sites is 1. The van der Waals surface area contributed by atoms with Gasteiger partial charge in [-0.05, 0) is 42.2 Å². The molecule has 4 rings (SSSR count). The Morgan fingerprint density at radius 1 is 0.957 bits per heavy atom. The number of aromatic nitrogens is 1. The topological polar surface area (TPSA) is 26.0 Å². The van der Waals surface area contributed by atoms with Gasteiger partial charge in [0.1, 0.15) is 11.2 Å². The molecular formula is C21H19NO. The third-order valence-electron chi connectivity index (χ3n) is 4.38. The van der Waals surface area contributed by atoms with E-state index in [1.807, 2.05) is 13.1 Å². The largest absolute Gasteiger partial charge is 0.455 e. The van der Waals surface area contributed by atoms with Crippen molar-refractivity contribution < 1.29 is 4.42 Å². The number of benzene rings is 2. The van der Waals surface area contributed by atoms with Gasteiger partial charge in [-0.1, -0.05) is 44.2 Å². The monoisotopic (exact) mass is 301 g/mol. The lowest BCUT2D eigenvalue weighted by Crippen LogP contribution is -1.85. The van der Waals surface area contributed by atoms with Crippen LogP contribution in [-0.4, -0.2) is 4.98 Å². The molecule has 0 saturated heterocycles. The summed E-state index contributed by atoms with van der Waals surface area (Å²) in [5.41, 5.74) is 6.32. The Labute approximate surface area is 135 Å². The first kappa shape index (κ1) is 14.0. The molecule has 2 aromatic carbocycles. The first-order valence-corrected chi connectivity index (χ1v) is 8.01. The Morgan fingerprint density at radius 3 is 2.57 bits per heavy atom. The maximum atomic E-state index is 6.22. The predicted molar refractivity (Wildman–Crippen MR) is 95.8 cm³/mol. The van der Waals surface area contributed by atoms with Crippen LogP contribution in [0.2, 0.25) is 0 Å². The van der Waals surface area contributed by atoms with Crippen LogP contribution in [0.5, 0.6) is 0 Å². The SMILES string of the molecule is Cc1ccc(-c2cccc3c2oc2cc(C(C)C)ccc23)nc1. The minimum Gasteiger partial charge on any atom is -0.455 e. The zero-order chi connectivity index (χ0) is 16.0. The molecule has 23 heavy (non-hydrogen) atoms. The second kappa shape index (κ2) is 5.24. The molecule has 114 valence electrons. The summed E-state index contributed by atoms with van der Waals surface area (Å²) in [7, 11) is 0. The van der Waals surface area contributed by atoms with Crippen molar-refractivity contribution in [3.05, 3.63) is 65.9 Å². The average Bonchev–Trinajstić information content (AvgIpc) is 2.93. The fourth-order valence-electron chi connectivity index (χ4n) is 3.00. The molecule has 4 aromatic rings. The van der Waals surface area contributed by atoms with Crippen molar-refractivity contribution in [1.82, 2.24) is 4.98 Å². The smallest absolute Gasteiger partial charge is 0.144 e. The zero-order valence-corrected chi connectivity index (χ0v) is 13.6. The summed E-state index contributed by atoms with van der Waals surface area (Å²) < 4.78 is 6.22. The maximum Gasteiger partial charge on any atom is 0.144 e. The van der Waals surface area contributed by atoms with Crippen LogP contribution < -0.4 is 0 Å². The molecule has 2 heterocycles. The molecule has 2 heteroatoms. The molecule has 2 nitrogen and oxygen atoms in total. The standard InChI is InChI=1S/C21H19NO/c1-13(2)15-8-9-16-17-5-4-6-18(21(17)23-20(16)11-15)19-10-7-14(3)12-22-19/h4-13H,1-3H3. The van der Waals surface area contributed by atoms with Crippen LogP contribution in [0.3, 0.4) is 0 Å². The predicted octanol–water partition coefficient (Wildman–Crippen LogP) is 6.08. The van der Waals surface area contributed by atoms with E-state index in [0.717, 1.165) is 33.4 Å². The summed E-state index contributed by atoms with van der Waals surface area (Å²) >= 11 is 0. The molecule has 0 bridgehead atoms. The number of rotatable bonds is 2. The Kier molecular flexibility index (Phi) is 3.19. The highest BCUT2D eigenvalue weighted by Crippen LogP contribution is 2.36. The van der Waals surface area contributed by atoms with Crippen molar-refractivity contribution in [2.45, 2.75) is 26.7 Å². The van der Waals surface area contributed by atoms with Gasteiger partial charge in [-0.3, -0.25) is 4.98 Å². The fourth-order valence-corrected chi connectivity index (χ4v) is 3.00. The second-order valence-corrected chi connectivity index (χ2v) is 6.42. The summed E-state index contributed by atoms with van der Waals surface area (Å²) in [5.74, 6) is 0.492. The number of furan rings is 1. The molecule has 0 aliphatic rings. The van der Waals surface area contributed by atoms with Crippen LogP contribution in [0.1, 0.15) is 30.9 Å². The van der Waals surface area contributed by atoms with E-state index >= 15 is 0 Å². The lowest BCUT2D eigenvalue weighted by molar-refractivity contribution is 0.668. The quantitative estimate of drug-likeness (QED) is 0.448. The fraction of sp³-hybridized carbons (Fsp3) is 0.190. The molecule has 0 aliphatic heterocycles. The van der Waals surface area contributed by atoms with E-state index < -0.39 is 0 Å². The Morgan fingerprint density at radius 2 is 1.83 bits per heavy atom. The molecular weight excluding hydrogens is 282 g/mol. The van der Waals surface area contributed by atoms with Crippen molar-refractivity contribution >= 4 is 21.9 Å². The third kappa shape index (κ3) is 2.31. The van der Waals surface area contributed by atoms with E-state index in [0.29, 0.717) is 5.92 Å². The van der Waals surface area contributed by atoms with Gasteiger partial charge in [0, 0.05) is 22.5 Å². The molecule has 0 N–H and O–H groups in total. The number of hydrogen-bond donors (Lipinski definition) is 0. The Bertz CT molecular complexity index is 994. The van der Waals surface area contributed by atoms with Gasteiger partial charge in [0.05, 0.1) is 5.69 Å². The van der Waals surface area contributed by atoms with Crippen LogP contribution in [0.15, 0.2) is 59.1 Å². The highest BCUT2D eigenvalue weighted by Gasteiger charge is 2.13. The minimum atomic E-state index is 0.492. The van der Waals surface area contributed by atoms with Crippen LogP contribution in [0, 0.1) is 6.92 Å². The van der Waals surface area contributed by atoms with E-state index in [-0.39, 0.29) is 0 Å². The van der Waals surface area contributed by atoms with Gasteiger partial charge in [-0.25, -0.2) is 0 Å². The van der Waals surface area contributed by atoms with E-state index in [4.69, 9.17) is 4.42 Å². The normalized spacial score (nSPS) is 11.7. The Hall–Kier alpha value is -2.61. The molecule has 2 aromatic heterocycles. The second-order valence-electron chi connectivity index (χ2n) is 6.42. The van der Waals surface area contributed by atoms with E-state index in [9.17, 15) is 0 Å². The van der Waals surface area contributed by atoms with Crippen molar-refractivity contribution in [2.75, 3.05) is 0 Å². The van der Waals surface area contributed by atoms with Crippen LogP contribution in [0.25, 0.3) is 33.2 Å². The average molecular weight is 301 g/mol. The Balaban J connectivity index is 1.99. The first-order chi connectivity index (χ1) is 11.1. The lowest BCUT2D eigenvalue weighted by Gasteiger charge is -2.03. The summed E-state index contributed by atoms with van der Waals surface area (Å²) in [4.78, 5) is 4.55. The van der Waals surface area contributed by atoms with Crippen molar-refractivity contribution in [3.8, 4) is 11.3 Å². The molecule has 0 spiro atoms. The van der Waals surface area contributed by atoms with E-state index in [1.165, 1.54) is 10.9 Å². The van der Waals surface area contributed by atoms with Gasteiger partial charge in [-0.15, -0.1) is 0 Å². The first-order valence-electron chi connectivity index (χ1n) is 8.01. The van der Waals surface area contributed by atoms with Crippen LogP contribution >= 0.6 is 0 Å². The maximum absolute atomic E-state index is 6.22. The lowest BCUT2D eigenvalue weighted by atomic mass is 10.0.